The SMILES string of the molecule is C[P+](C(=O)C(=S)C(=O)[P+](C)(c1ccccc1)c1ccccc1)(c1ccccc1)c1ccccc1. The molecule has 0 aliphatic rings. The van der Waals surface area contributed by atoms with Crippen LogP contribution in [0.5, 0.6) is 0 Å². The molecule has 0 N–H and O–H groups in total. The van der Waals surface area contributed by atoms with Crippen molar-refractivity contribution >= 4 is 63.9 Å². The molecule has 5 heteroatoms. The fourth-order valence-corrected chi connectivity index (χ4v) is 11.0. The minimum absolute atomic E-state index is 0.0768. The highest BCUT2D eigenvalue weighted by atomic mass is 32.1. The lowest BCUT2D eigenvalue weighted by Gasteiger charge is -2.24. The minimum Gasteiger partial charge on any atom is -0.245 e. The summed E-state index contributed by atoms with van der Waals surface area (Å²) < 4.78 is 0. The van der Waals surface area contributed by atoms with Gasteiger partial charge in [-0.3, -0.25) is 0 Å². The third-order valence-electron chi connectivity index (χ3n) is 6.29. The normalized spacial score (nSPS) is 11.6. The molecule has 0 radical (unpaired) electrons. The maximum Gasteiger partial charge on any atom is 0.326 e. The number of carbonyl (C=O) groups is 2. The van der Waals surface area contributed by atoms with Crippen LogP contribution in [0.4, 0.5) is 0 Å². The van der Waals surface area contributed by atoms with Crippen LogP contribution in [0.1, 0.15) is 0 Å². The third-order valence-corrected chi connectivity index (χ3v) is 14.4. The molecule has 0 bridgehead atoms. The second-order valence-corrected chi connectivity index (χ2v) is 15.6. The second kappa shape index (κ2) is 10.2. The summed E-state index contributed by atoms with van der Waals surface area (Å²) in [5, 5.41) is 3.67. The highest BCUT2D eigenvalue weighted by Crippen LogP contribution is 2.58. The molecule has 168 valence electrons. The average Bonchev–Trinajstić information content (AvgIpc) is 2.92. The summed E-state index contributed by atoms with van der Waals surface area (Å²) in [4.78, 5) is 28.4. The molecule has 0 heterocycles. The highest BCUT2D eigenvalue weighted by molar-refractivity contribution is 8.12. The van der Waals surface area contributed by atoms with Crippen LogP contribution >= 0.6 is 26.7 Å². The molecular weight excluding hydrogens is 474 g/mol. The molecule has 4 aromatic rings. The molecule has 0 fully saturated rings. The van der Waals surface area contributed by atoms with Crippen molar-refractivity contribution in [3.63, 3.8) is 0 Å². The van der Waals surface area contributed by atoms with E-state index in [4.69, 9.17) is 12.2 Å². The van der Waals surface area contributed by atoms with Crippen molar-refractivity contribution in [1.82, 2.24) is 0 Å². The van der Waals surface area contributed by atoms with E-state index in [1.165, 1.54) is 0 Å². The quantitative estimate of drug-likeness (QED) is 0.194. The first kappa shape index (κ1) is 24.3. The maximum absolute atomic E-state index is 14.2. The van der Waals surface area contributed by atoms with Crippen LogP contribution in [0, 0.1) is 0 Å². The first-order valence-electron chi connectivity index (χ1n) is 11.0. The van der Waals surface area contributed by atoms with Crippen molar-refractivity contribution in [1.29, 1.82) is 0 Å². The Labute approximate surface area is 207 Å². The number of hydrogen-bond acceptors (Lipinski definition) is 3. The summed E-state index contributed by atoms with van der Waals surface area (Å²) in [7, 11) is -5.22. The van der Waals surface area contributed by atoms with Crippen LogP contribution in [-0.4, -0.2) is 29.2 Å². The van der Waals surface area contributed by atoms with E-state index in [9.17, 15) is 9.59 Å². The van der Waals surface area contributed by atoms with E-state index < -0.39 is 14.5 Å². The fraction of sp³-hybridized carbons (Fsp3) is 0.0690. The second-order valence-electron chi connectivity index (χ2n) is 8.29. The number of thiocarbonyl (C=S) groups is 1. The monoisotopic (exact) mass is 500 g/mol. The predicted molar refractivity (Wildman–Crippen MR) is 153 cm³/mol. The Balaban J connectivity index is 1.84. The largest absolute Gasteiger partial charge is 0.326 e. The molecule has 2 nitrogen and oxygen atoms in total. The third kappa shape index (κ3) is 4.32. The topological polar surface area (TPSA) is 34.1 Å². The van der Waals surface area contributed by atoms with Gasteiger partial charge in [-0.05, 0) is 48.5 Å². The molecule has 0 spiro atoms. The Morgan fingerprint density at radius 3 is 0.882 bits per heavy atom. The Morgan fingerprint density at radius 1 is 0.471 bits per heavy atom. The molecule has 0 amide bonds. The Kier molecular flexibility index (Phi) is 7.29. The summed E-state index contributed by atoms with van der Waals surface area (Å²) >= 11 is 5.75. The van der Waals surface area contributed by atoms with Gasteiger partial charge in [-0.1, -0.05) is 85.0 Å². The van der Waals surface area contributed by atoms with E-state index >= 15 is 0 Å². The standard InChI is InChI=1S/C29H26O2P2S/c1-32(23-15-7-3-8-16-23,24-17-9-4-10-18-24)28(30)27(34)29(31)33(2,25-19-11-5-12-20-25)26-21-13-6-14-22-26/h3-22H,1-2H3/q+2. The van der Waals surface area contributed by atoms with Gasteiger partial charge in [0.05, 0.1) is 13.3 Å². The van der Waals surface area contributed by atoms with Crippen molar-refractivity contribution in [2.75, 3.05) is 13.3 Å². The van der Waals surface area contributed by atoms with Gasteiger partial charge in [-0.25, -0.2) is 9.59 Å². The molecule has 0 aliphatic heterocycles. The summed E-state index contributed by atoms with van der Waals surface area (Å²) in [6.07, 6.45) is 0. The number of carbonyl (C=O) groups excluding carboxylic acids is 2. The summed E-state index contributed by atoms with van der Waals surface area (Å²) in [5.74, 6) is 0. The molecule has 0 saturated carbocycles. The zero-order chi connectivity index (χ0) is 24.2. The molecule has 0 atom stereocenters. The van der Waals surface area contributed by atoms with Crippen LogP contribution in [0.2, 0.25) is 0 Å². The van der Waals surface area contributed by atoms with Crippen molar-refractivity contribution in [3.8, 4) is 0 Å². The molecule has 4 rings (SSSR count). The lowest BCUT2D eigenvalue weighted by Crippen LogP contribution is -2.38. The smallest absolute Gasteiger partial charge is 0.245 e. The van der Waals surface area contributed by atoms with E-state index in [0.29, 0.717) is 0 Å². The average molecular weight is 501 g/mol. The molecule has 0 aromatic heterocycles. The first-order valence-corrected chi connectivity index (χ1v) is 15.9. The van der Waals surface area contributed by atoms with Crippen molar-refractivity contribution in [3.05, 3.63) is 121 Å². The van der Waals surface area contributed by atoms with Gasteiger partial charge in [0.2, 0.25) is 4.86 Å². The van der Waals surface area contributed by atoms with Gasteiger partial charge in [-0.15, -0.1) is 0 Å². The summed E-state index contributed by atoms with van der Waals surface area (Å²) in [5.41, 5.74) is -0.467. The van der Waals surface area contributed by atoms with Crippen LogP contribution in [0.3, 0.4) is 0 Å². The maximum atomic E-state index is 14.2. The van der Waals surface area contributed by atoms with Crippen molar-refractivity contribution in [2.45, 2.75) is 0 Å². The molecular formula is C29H26O2P2S+2. The number of benzene rings is 4. The van der Waals surface area contributed by atoms with Gasteiger partial charge < -0.3 is 0 Å². The van der Waals surface area contributed by atoms with Gasteiger partial charge in [0, 0.05) is 0 Å². The van der Waals surface area contributed by atoms with Crippen LogP contribution < -0.4 is 21.2 Å². The number of hydrogen-bond donors (Lipinski definition) is 0. The van der Waals surface area contributed by atoms with Gasteiger partial charge in [-0.2, -0.15) is 0 Å². The van der Waals surface area contributed by atoms with Crippen molar-refractivity contribution in [2.24, 2.45) is 0 Å². The van der Waals surface area contributed by atoms with Gasteiger partial charge >= 0.3 is 11.0 Å². The Hall–Kier alpha value is -2.83. The molecule has 4 aromatic carbocycles. The Morgan fingerprint density at radius 2 is 0.676 bits per heavy atom. The van der Waals surface area contributed by atoms with Crippen molar-refractivity contribution < 1.29 is 9.59 Å². The molecule has 34 heavy (non-hydrogen) atoms. The van der Waals surface area contributed by atoms with Gasteiger partial charge in [0.15, 0.2) is 14.5 Å². The van der Waals surface area contributed by atoms with Crippen LogP contribution in [0.15, 0.2) is 121 Å². The fourth-order valence-electron chi connectivity index (χ4n) is 4.17. The summed E-state index contributed by atoms with van der Waals surface area (Å²) in [6, 6.07) is 38.9. The van der Waals surface area contributed by atoms with E-state index in [1.54, 1.807) is 0 Å². The highest BCUT2D eigenvalue weighted by Gasteiger charge is 2.56. The molecule has 0 saturated heterocycles. The van der Waals surface area contributed by atoms with E-state index in [2.05, 4.69) is 0 Å². The van der Waals surface area contributed by atoms with Crippen LogP contribution in [-0.2, 0) is 9.59 Å². The molecule has 0 unspecified atom stereocenters. The minimum atomic E-state index is -2.61. The Bertz CT molecular complexity index is 1130. The lowest BCUT2D eigenvalue weighted by atomic mass is 10.4. The first-order chi connectivity index (χ1) is 16.4. The van der Waals surface area contributed by atoms with E-state index in [1.807, 2.05) is 135 Å². The van der Waals surface area contributed by atoms with Gasteiger partial charge in [0.25, 0.3) is 0 Å². The zero-order valence-corrected chi connectivity index (χ0v) is 21.8. The zero-order valence-electron chi connectivity index (χ0n) is 19.2. The van der Waals surface area contributed by atoms with E-state index in [-0.39, 0.29) is 15.9 Å². The van der Waals surface area contributed by atoms with Crippen LogP contribution in [0.25, 0.3) is 0 Å². The number of rotatable bonds is 8. The molecule has 0 aliphatic carbocycles. The van der Waals surface area contributed by atoms with Gasteiger partial charge in [0.1, 0.15) is 21.2 Å². The predicted octanol–water partition coefficient (Wildman–Crippen LogP) is 5.01. The lowest BCUT2D eigenvalue weighted by molar-refractivity contribution is -0.109. The summed E-state index contributed by atoms with van der Waals surface area (Å²) in [6.45, 7) is 3.95. The van der Waals surface area contributed by atoms with E-state index in [0.717, 1.165) is 21.2 Å².